The van der Waals surface area contributed by atoms with Crippen molar-refractivity contribution in [2.75, 3.05) is 0 Å². The molecular formula is C36H38N4O4. The van der Waals surface area contributed by atoms with Gasteiger partial charge in [-0.15, -0.1) is 13.2 Å². The van der Waals surface area contributed by atoms with Crippen LogP contribution in [0, 0.1) is 13.8 Å². The lowest BCUT2D eigenvalue weighted by Crippen LogP contribution is -1.97. The molecule has 8 bridgehead atoms. The fourth-order valence-corrected chi connectivity index (χ4v) is 6.13. The van der Waals surface area contributed by atoms with E-state index in [1.807, 2.05) is 44.2 Å². The van der Waals surface area contributed by atoms with Gasteiger partial charge in [0.25, 0.3) is 0 Å². The van der Waals surface area contributed by atoms with E-state index in [0.29, 0.717) is 37.1 Å². The standard InChI is InChI=1S/C36H38N4O4/c1-7-9-23-19(3)27-15-28-21(5)25(11-13-35(41)42)33(38-28)18-34-26(12-14-36(43)44)22(6)30(40-34)17-32-24(10-8-2)20(4)29(39-32)16-31(23)37-27/h7-8,15-18,37,39H,1-2,9-14H2,3-6H3,(H,41,42)(H,43,44). The molecule has 0 unspecified atom stereocenters. The quantitative estimate of drug-likeness (QED) is 0.177. The fraction of sp³-hybridized carbons (Fsp3) is 0.278. The van der Waals surface area contributed by atoms with Crippen LogP contribution < -0.4 is 0 Å². The second kappa shape index (κ2) is 12.3. The van der Waals surface area contributed by atoms with Gasteiger partial charge in [-0.1, -0.05) is 12.2 Å². The highest BCUT2D eigenvalue weighted by Crippen LogP contribution is 2.38. The lowest BCUT2D eigenvalue weighted by molar-refractivity contribution is -0.137. The molecule has 0 saturated heterocycles. The van der Waals surface area contributed by atoms with Gasteiger partial charge in [-0.3, -0.25) is 9.59 Å². The number of aromatic nitrogens is 4. The zero-order valence-corrected chi connectivity index (χ0v) is 25.7. The Morgan fingerprint density at radius 3 is 1.50 bits per heavy atom. The van der Waals surface area contributed by atoms with E-state index >= 15 is 0 Å². The molecule has 226 valence electrons. The van der Waals surface area contributed by atoms with Crippen molar-refractivity contribution >= 4 is 56.3 Å². The van der Waals surface area contributed by atoms with Crippen LogP contribution in [0.25, 0.3) is 44.4 Å². The summed E-state index contributed by atoms with van der Waals surface area (Å²) >= 11 is 0. The summed E-state index contributed by atoms with van der Waals surface area (Å²) in [4.78, 5) is 40.4. The number of fused-ring (bicyclic) bond motifs is 8. The first kappa shape index (κ1) is 30.5. The second-order valence-corrected chi connectivity index (χ2v) is 11.4. The van der Waals surface area contributed by atoms with Gasteiger partial charge in [-0.05, 0) is 122 Å². The highest BCUT2D eigenvalue weighted by Gasteiger charge is 2.23. The molecule has 0 saturated carbocycles. The van der Waals surface area contributed by atoms with E-state index in [0.717, 1.165) is 78.0 Å². The average molecular weight is 591 g/mol. The summed E-state index contributed by atoms with van der Waals surface area (Å²) in [5, 5.41) is 19.0. The Morgan fingerprint density at radius 1 is 0.659 bits per heavy atom. The first-order valence-electron chi connectivity index (χ1n) is 14.8. The van der Waals surface area contributed by atoms with Crippen LogP contribution >= 0.6 is 0 Å². The average Bonchev–Trinajstić information content (AvgIpc) is 3.62. The lowest BCUT2D eigenvalue weighted by Gasteiger charge is -2.05. The van der Waals surface area contributed by atoms with Gasteiger partial charge in [0.05, 0.1) is 22.8 Å². The summed E-state index contributed by atoms with van der Waals surface area (Å²) in [5.41, 5.74) is 14.6. The van der Waals surface area contributed by atoms with Crippen LogP contribution in [0.5, 0.6) is 0 Å². The van der Waals surface area contributed by atoms with Gasteiger partial charge in [0.2, 0.25) is 0 Å². The molecule has 2 aliphatic rings. The Bertz CT molecular complexity index is 1950. The largest absolute Gasteiger partial charge is 0.481 e. The van der Waals surface area contributed by atoms with Crippen molar-refractivity contribution in [3.63, 3.8) is 0 Å². The van der Waals surface area contributed by atoms with E-state index in [2.05, 4.69) is 43.0 Å². The van der Waals surface area contributed by atoms with Crippen molar-refractivity contribution in [2.45, 2.75) is 66.2 Å². The summed E-state index contributed by atoms with van der Waals surface area (Å²) < 4.78 is 0. The van der Waals surface area contributed by atoms with Crippen molar-refractivity contribution in [3.05, 3.63) is 94.6 Å². The monoisotopic (exact) mass is 590 g/mol. The first-order chi connectivity index (χ1) is 21.0. The molecule has 8 nitrogen and oxygen atoms in total. The Kier molecular flexibility index (Phi) is 8.54. The minimum atomic E-state index is -0.883. The normalized spacial score (nSPS) is 13.0. The van der Waals surface area contributed by atoms with E-state index in [9.17, 15) is 19.8 Å². The van der Waals surface area contributed by atoms with Crippen LogP contribution in [-0.4, -0.2) is 42.1 Å². The van der Waals surface area contributed by atoms with Crippen LogP contribution in [0.4, 0.5) is 0 Å². The molecule has 0 spiro atoms. The van der Waals surface area contributed by atoms with Gasteiger partial charge >= 0.3 is 11.9 Å². The fourth-order valence-electron chi connectivity index (χ4n) is 6.13. The summed E-state index contributed by atoms with van der Waals surface area (Å²) in [5.74, 6) is -1.77. The smallest absolute Gasteiger partial charge is 0.303 e. The number of aliphatic carboxylic acids is 2. The van der Waals surface area contributed by atoms with Crippen molar-refractivity contribution in [3.8, 4) is 0 Å². The highest BCUT2D eigenvalue weighted by atomic mass is 16.4. The molecular weight excluding hydrogens is 552 g/mol. The van der Waals surface area contributed by atoms with Gasteiger partial charge in [0, 0.05) is 34.9 Å². The number of carbonyl (C=O) groups is 2. The van der Waals surface area contributed by atoms with Crippen molar-refractivity contribution in [1.29, 1.82) is 0 Å². The Morgan fingerprint density at radius 2 is 1.07 bits per heavy atom. The number of rotatable bonds is 10. The second-order valence-electron chi connectivity index (χ2n) is 11.4. The molecule has 0 atom stereocenters. The highest BCUT2D eigenvalue weighted by molar-refractivity contribution is 5.96. The summed E-state index contributed by atoms with van der Waals surface area (Å²) in [6, 6.07) is 8.06. The number of carboxylic acids is 2. The molecule has 3 aromatic rings. The molecule has 5 heterocycles. The summed E-state index contributed by atoms with van der Waals surface area (Å²) in [6.07, 6.45) is 5.71. The Balaban J connectivity index is 1.93. The Hall–Kier alpha value is -4.98. The minimum Gasteiger partial charge on any atom is -0.481 e. The van der Waals surface area contributed by atoms with Gasteiger partial charge in [-0.2, -0.15) is 0 Å². The molecule has 0 fully saturated rings. The first-order valence-corrected chi connectivity index (χ1v) is 14.8. The molecule has 44 heavy (non-hydrogen) atoms. The van der Waals surface area contributed by atoms with E-state index < -0.39 is 11.9 Å². The Labute approximate surface area is 256 Å². The van der Waals surface area contributed by atoms with E-state index in [1.165, 1.54) is 0 Å². The van der Waals surface area contributed by atoms with E-state index in [-0.39, 0.29) is 12.8 Å². The molecule has 5 rings (SSSR count). The van der Waals surface area contributed by atoms with Crippen molar-refractivity contribution in [2.24, 2.45) is 0 Å². The number of hydrogen-bond acceptors (Lipinski definition) is 4. The number of allylic oxidation sites excluding steroid dienone is 6. The number of nitrogens with one attached hydrogen (secondary N) is 2. The van der Waals surface area contributed by atoms with Crippen molar-refractivity contribution in [1.82, 2.24) is 19.9 Å². The van der Waals surface area contributed by atoms with Crippen LogP contribution in [0.2, 0.25) is 0 Å². The van der Waals surface area contributed by atoms with Gasteiger partial charge in [0.1, 0.15) is 0 Å². The molecule has 0 radical (unpaired) electrons. The zero-order valence-electron chi connectivity index (χ0n) is 25.7. The molecule has 8 heteroatoms. The minimum absolute atomic E-state index is 0.0321. The van der Waals surface area contributed by atoms with Crippen molar-refractivity contribution < 1.29 is 19.8 Å². The summed E-state index contributed by atoms with van der Waals surface area (Å²) in [6.45, 7) is 16.1. The molecule has 0 aromatic carbocycles. The topological polar surface area (TPSA) is 132 Å². The number of aryl methyl sites for hydroxylation is 2. The van der Waals surface area contributed by atoms with E-state index in [4.69, 9.17) is 9.97 Å². The SMILES string of the molecule is C=CCc1c(C)c2cc3[nH]c(cc4nc(cc5nc(cc1[nH]2)C(C)=C5CCC(=O)O)C(CCC(=O)O)=C4C)c(C)c3CC=C. The maximum atomic E-state index is 11.6. The predicted octanol–water partition coefficient (Wildman–Crippen LogP) is 7.98. The summed E-state index contributed by atoms with van der Waals surface area (Å²) in [7, 11) is 0. The third-order valence-electron chi connectivity index (χ3n) is 8.68. The number of H-pyrrole nitrogens is 2. The molecule has 4 N–H and O–H groups in total. The van der Waals surface area contributed by atoms with Crippen LogP contribution in [0.1, 0.15) is 84.6 Å². The van der Waals surface area contributed by atoms with Gasteiger partial charge < -0.3 is 20.2 Å². The number of nitrogens with zero attached hydrogens (tertiary/aromatic N) is 2. The number of hydrogen-bond donors (Lipinski definition) is 4. The van der Waals surface area contributed by atoms with Crippen LogP contribution in [0.3, 0.4) is 0 Å². The van der Waals surface area contributed by atoms with Crippen LogP contribution in [-0.2, 0) is 22.4 Å². The molecule has 0 amide bonds. The van der Waals surface area contributed by atoms with E-state index in [1.54, 1.807) is 0 Å². The molecule has 0 aliphatic carbocycles. The van der Waals surface area contributed by atoms with Gasteiger partial charge in [-0.25, -0.2) is 9.97 Å². The van der Waals surface area contributed by atoms with Crippen LogP contribution in [0.15, 0.2) is 49.6 Å². The lowest BCUT2D eigenvalue weighted by atomic mass is 9.98. The molecule has 2 aliphatic heterocycles. The predicted molar refractivity (Wildman–Crippen MR) is 177 cm³/mol. The maximum absolute atomic E-state index is 11.6. The molecule has 3 aromatic heterocycles. The number of carboxylic acid groups (broad SMARTS) is 2. The number of aromatic amines is 2. The maximum Gasteiger partial charge on any atom is 0.303 e. The zero-order chi connectivity index (χ0) is 31.7. The third kappa shape index (κ3) is 5.80. The third-order valence-corrected chi connectivity index (χ3v) is 8.68. The van der Waals surface area contributed by atoms with Gasteiger partial charge in [0.15, 0.2) is 0 Å².